The fourth-order valence-corrected chi connectivity index (χ4v) is 2.74. The van der Waals surface area contributed by atoms with E-state index in [-0.39, 0.29) is 18.2 Å². The minimum atomic E-state index is -3.15. The summed E-state index contributed by atoms with van der Waals surface area (Å²) in [6.45, 7) is 4.66. The third kappa shape index (κ3) is 7.52. The van der Waals surface area contributed by atoms with Gasteiger partial charge in [0.1, 0.15) is 0 Å². The fourth-order valence-electron chi connectivity index (χ4n) is 1.52. The molecule has 0 atom stereocenters. The van der Waals surface area contributed by atoms with E-state index in [1.165, 1.54) is 0 Å². The summed E-state index contributed by atoms with van der Waals surface area (Å²) in [7, 11) is -3.15. The standard InChI is InChI=1S/C13H21NO3S.ClH/c1-2-17-11-6-9-14-10-12-18(15,16)13-7-4-3-5-8-13;/h3-5,7-8,14H,2,6,9-12H2,1H3;1H. The number of halogens is 1. The SMILES string of the molecule is CCOCCCNCCS(=O)(=O)c1ccccc1.Cl. The topological polar surface area (TPSA) is 55.4 Å². The molecule has 0 saturated carbocycles. The number of sulfone groups is 1. The Bertz CT molecular complexity index is 423. The van der Waals surface area contributed by atoms with Crippen molar-refractivity contribution in [1.29, 1.82) is 0 Å². The lowest BCUT2D eigenvalue weighted by atomic mass is 10.4. The van der Waals surface area contributed by atoms with Crippen LogP contribution in [0.5, 0.6) is 0 Å². The lowest BCUT2D eigenvalue weighted by Crippen LogP contribution is -2.24. The predicted molar refractivity (Wildman–Crippen MR) is 79.7 cm³/mol. The first-order valence-electron chi connectivity index (χ1n) is 6.23. The highest BCUT2D eigenvalue weighted by Gasteiger charge is 2.12. The van der Waals surface area contributed by atoms with Gasteiger partial charge in [-0.05, 0) is 32.0 Å². The fraction of sp³-hybridized carbons (Fsp3) is 0.538. The number of rotatable bonds is 9. The third-order valence-electron chi connectivity index (χ3n) is 2.50. The molecular weight excluding hydrogens is 286 g/mol. The molecule has 1 aromatic rings. The molecule has 19 heavy (non-hydrogen) atoms. The van der Waals surface area contributed by atoms with Crippen LogP contribution in [0.1, 0.15) is 13.3 Å². The predicted octanol–water partition coefficient (Wildman–Crippen LogP) is 1.90. The smallest absolute Gasteiger partial charge is 0.179 e. The first-order valence-corrected chi connectivity index (χ1v) is 7.88. The Morgan fingerprint density at radius 3 is 2.47 bits per heavy atom. The molecule has 0 spiro atoms. The third-order valence-corrected chi connectivity index (χ3v) is 4.23. The summed E-state index contributed by atoms with van der Waals surface area (Å²) in [4.78, 5) is 0.390. The Hall–Kier alpha value is -0.620. The van der Waals surface area contributed by atoms with Crippen LogP contribution in [0.3, 0.4) is 0 Å². The lowest BCUT2D eigenvalue weighted by Gasteiger charge is -2.06. The van der Waals surface area contributed by atoms with Gasteiger partial charge in [-0.2, -0.15) is 0 Å². The Labute approximate surface area is 121 Å². The van der Waals surface area contributed by atoms with E-state index >= 15 is 0 Å². The molecular formula is C13H22ClNO3S. The second-order valence-electron chi connectivity index (χ2n) is 3.93. The Kier molecular flexibility index (Phi) is 9.87. The van der Waals surface area contributed by atoms with E-state index < -0.39 is 9.84 Å². The van der Waals surface area contributed by atoms with Crippen LogP contribution in [-0.4, -0.2) is 40.5 Å². The summed E-state index contributed by atoms with van der Waals surface area (Å²) < 4.78 is 29.0. The number of ether oxygens (including phenoxy) is 1. The molecule has 1 N–H and O–H groups in total. The number of nitrogens with one attached hydrogen (secondary N) is 1. The first kappa shape index (κ1) is 18.4. The zero-order valence-electron chi connectivity index (χ0n) is 11.2. The zero-order chi connectivity index (χ0) is 13.3. The van der Waals surface area contributed by atoms with Gasteiger partial charge >= 0.3 is 0 Å². The van der Waals surface area contributed by atoms with Gasteiger partial charge in [-0.1, -0.05) is 18.2 Å². The van der Waals surface area contributed by atoms with Gasteiger partial charge in [0.25, 0.3) is 0 Å². The molecule has 0 fully saturated rings. The van der Waals surface area contributed by atoms with Crippen LogP contribution < -0.4 is 5.32 Å². The molecule has 0 heterocycles. The maximum atomic E-state index is 11.9. The van der Waals surface area contributed by atoms with Crippen LogP contribution in [0.2, 0.25) is 0 Å². The highest BCUT2D eigenvalue weighted by atomic mass is 35.5. The van der Waals surface area contributed by atoms with E-state index in [0.717, 1.165) is 26.2 Å². The second kappa shape index (κ2) is 10.2. The van der Waals surface area contributed by atoms with Crippen molar-refractivity contribution in [2.24, 2.45) is 0 Å². The molecule has 0 amide bonds. The number of benzene rings is 1. The average molecular weight is 308 g/mol. The monoisotopic (exact) mass is 307 g/mol. The molecule has 1 aromatic carbocycles. The normalized spacial score (nSPS) is 11.0. The van der Waals surface area contributed by atoms with Crippen LogP contribution in [-0.2, 0) is 14.6 Å². The van der Waals surface area contributed by atoms with Crippen LogP contribution >= 0.6 is 12.4 Å². The highest BCUT2D eigenvalue weighted by molar-refractivity contribution is 7.91. The van der Waals surface area contributed by atoms with E-state index in [1.54, 1.807) is 24.3 Å². The molecule has 1 rings (SSSR count). The molecule has 0 radical (unpaired) electrons. The summed E-state index contributed by atoms with van der Waals surface area (Å²) >= 11 is 0. The molecule has 0 saturated heterocycles. The second-order valence-corrected chi connectivity index (χ2v) is 6.04. The van der Waals surface area contributed by atoms with Crippen LogP contribution in [0.4, 0.5) is 0 Å². The molecule has 110 valence electrons. The van der Waals surface area contributed by atoms with Crippen molar-refractivity contribution in [3.8, 4) is 0 Å². The number of hydrogen-bond donors (Lipinski definition) is 1. The minimum Gasteiger partial charge on any atom is -0.382 e. The van der Waals surface area contributed by atoms with E-state index in [0.29, 0.717) is 11.4 Å². The lowest BCUT2D eigenvalue weighted by molar-refractivity contribution is 0.145. The van der Waals surface area contributed by atoms with Gasteiger partial charge in [0.15, 0.2) is 9.84 Å². The Balaban J connectivity index is 0.00000324. The van der Waals surface area contributed by atoms with E-state index in [2.05, 4.69) is 5.32 Å². The van der Waals surface area contributed by atoms with Crippen molar-refractivity contribution in [3.63, 3.8) is 0 Å². The van der Waals surface area contributed by atoms with Crippen LogP contribution in [0.15, 0.2) is 35.2 Å². The van der Waals surface area contributed by atoms with Crippen molar-refractivity contribution < 1.29 is 13.2 Å². The van der Waals surface area contributed by atoms with E-state index in [9.17, 15) is 8.42 Å². The minimum absolute atomic E-state index is 0. The molecule has 6 heteroatoms. The molecule has 0 aromatic heterocycles. The average Bonchev–Trinajstić information content (AvgIpc) is 2.39. The molecule has 0 aliphatic rings. The molecule has 0 bridgehead atoms. The van der Waals surface area contributed by atoms with Gasteiger partial charge in [0.2, 0.25) is 0 Å². The summed E-state index contributed by atoms with van der Waals surface area (Å²) in [5.74, 6) is 0.131. The quantitative estimate of drug-likeness (QED) is 0.708. The maximum absolute atomic E-state index is 11.9. The van der Waals surface area contributed by atoms with Crippen molar-refractivity contribution >= 4 is 22.2 Å². The van der Waals surface area contributed by atoms with Gasteiger partial charge in [0.05, 0.1) is 10.6 Å². The molecule has 0 aliphatic heterocycles. The summed E-state index contributed by atoms with van der Waals surface area (Å²) in [6, 6.07) is 8.55. The first-order chi connectivity index (χ1) is 8.67. The van der Waals surface area contributed by atoms with Crippen molar-refractivity contribution in [3.05, 3.63) is 30.3 Å². The Morgan fingerprint density at radius 2 is 1.84 bits per heavy atom. The van der Waals surface area contributed by atoms with Crippen LogP contribution in [0.25, 0.3) is 0 Å². The van der Waals surface area contributed by atoms with Crippen LogP contribution in [0, 0.1) is 0 Å². The summed E-state index contributed by atoms with van der Waals surface area (Å²) in [6.07, 6.45) is 0.902. The van der Waals surface area contributed by atoms with Gasteiger partial charge in [-0.15, -0.1) is 12.4 Å². The van der Waals surface area contributed by atoms with Crippen molar-refractivity contribution in [1.82, 2.24) is 5.32 Å². The largest absolute Gasteiger partial charge is 0.382 e. The summed E-state index contributed by atoms with van der Waals surface area (Å²) in [5.41, 5.74) is 0. The van der Waals surface area contributed by atoms with Crippen molar-refractivity contribution in [2.75, 3.05) is 32.1 Å². The van der Waals surface area contributed by atoms with E-state index in [4.69, 9.17) is 4.74 Å². The van der Waals surface area contributed by atoms with Gasteiger partial charge in [0, 0.05) is 19.8 Å². The molecule has 0 unspecified atom stereocenters. The molecule has 4 nitrogen and oxygen atoms in total. The van der Waals surface area contributed by atoms with Crippen molar-refractivity contribution in [2.45, 2.75) is 18.2 Å². The zero-order valence-corrected chi connectivity index (χ0v) is 12.8. The number of hydrogen-bond acceptors (Lipinski definition) is 4. The van der Waals surface area contributed by atoms with Gasteiger partial charge in [-0.25, -0.2) is 8.42 Å². The molecule has 0 aliphatic carbocycles. The maximum Gasteiger partial charge on any atom is 0.179 e. The van der Waals surface area contributed by atoms with E-state index in [1.807, 2.05) is 13.0 Å². The Morgan fingerprint density at radius 1 is 1.16 bits per heavy atom. The van der Waals surface area contributed by atoms with Gasteiger partial charge < -0.3 is 10.1 Å². The van der Waals surface area contributed by atoms with Gasteiger partial charge in [-0.3, -0.25) is 0 Å². The highest BCUT2D eigenvalue weighted by Crippen LogP contribution is 2.08. The summed E-state index contributed by atoms with van der Waals surface area (Å²) in [5, 5.41) is 3.11.